The first kappa shape index (κ1) is 39.9. The van der Waals surface area contributed by atoms with E-state index < -0.39 is 138 Å². The number of nitrogens with zero attached hydrogens (tertiary/aromatic N) is 8. The summed E-state index contributed by atoms with van der Waals surface area (Å²) in [5.74, 6) is -4.74. The van der Waals surface area contributed by atoms with Gasteiger partial charge in [0.05, 0.1) is 61.8 Å². The van der Waals surface area contributed by atoms with Crippen LogP contribution in [0.5, 0.6) is 0 Å². The fourth-order valence-electron chi connectivity index (χ4n) is 6.41. The Bertz CT molecular complexity index is 2840. The van der Waals surface area contributed by atoms with Gasteiger partial charge in [-0.2, -0.15) is 58.8 Å². The summed E-state index contributed by atoms with van der Waals surface area (Å²) in [7, 11) is 0. The molecule has 0 N–H and O–H groups in total. The van der Waals surface area contributed by atoms with Crippen LogP contribution in [0.3, 0.4) is 0 Å². The summed E-state index contributed by atoms with van der Waals surface area (Å²) >= 11 is 0. The molecule has 2 aliphatic heterocycles. The minimum atomic E-state index is -5.45. The maximum atomic E-state index is 17.3. The highest BCUT2D eigenvalue weighted by molar-refractivity contribution is 6.44. The third kappa shape index (κ3) is 7.04. The first-order valence-electron chi connectivity index (χ1n) is 16.1. The largest absolute Gasteiger partial charge is 0.416 e. The topological polar surface area (TPSA) is 124 Å². The Kier molecular flexibility index (Phi) is 9.45. The molecule has 0 saturated carbocycles. The van der Waals surface area contributed by atoms with Gasteiger partial charge in [0.15, 0.2) is 11.6 Å². The van der Waals surface area contributed by atoms with Crippen LogP contribution in [0.1, 0.15) is 55.9 Å². The Balaban J connectivity index is 1.63. The van der Waals surface area contributed by atoms with E-state index >= 15 is 8.78 Å². The average Bonchev–Trinajstić information content (AvgIpc) is 3.74. The van der Waals surface area contributed by atoms with Crippen molar-refractivity contribution in [3.63, 3.8) is 0 Å². The third-order valence-corrected chi connectivity index (χ3v) is 8.78. The summed E-state index contributed by atoms with van der Waals surface area (Å²) in [6, 6.07) is 6.96. The Morgan fingerprint density at radius 2 is 1.05 bits per heavy atom. The van der Waals surface area contributed by atoms with E-state index in [1.54, 1.807) is 6.07 Å². The van der Waals surface area contributed by atoms with Crippen LogP contribution in [0, 0.1) is 53.2 Å². The van der Waals surface area contributed by atoms with Crippen LogP contribution < -0.4 is 0 Å². The fraction of sp³-hybridized carbons (Fsp3) is 0.105. The van der Waals surface area contributed by atoms with Crippen LogP contribution in [0.15, 0.2) is 71.0 Å². The maximum Gasteiger partial charge on any atom is 0.416 e. The van der Waals surface area contributed by atoms with Crippen LogP contribution in [-0.4, -0.2) is 31.4 Å². The van der Waals surface area contributed by atoms with Gasteiger partial charge >= 0.3 is 24.6 Å². The molecule has 296 valence electrons. The zero-order chi connectivity index (χ0) is 42.9. The van der Waals surface area contributed by atoms with Gasteiger partial charge in [0, 0.05) is 34.5 Å². The van der Waals surface area contributed by atoms with E-state index in [0.29, 0.717) is 18.5 Å². The zero-order valence-corrected chi connectivity index (χ0v) is 28.8. The molecule has 8 nitrogen and oxygen atoms in total. The van der Waals surface area contributed by atoms with Crippen molar-refractivity contribution in [1.82, 2.24) is 19.9 Å². The van der Waals surface area contributed by atoms with E-state index in [1.165, 1.54) is 13.0 Å². The second-order valence-electron chi connectivity index (χ2n) is 12.5. The number of allylic oxidation sites excluding steroid dienone is 4. The van der Waals surface area contributed by atoms with Crippen molar-refractivity contribution in [3.05, 3.63) is 141 Å². The lowest BCUT2D eigenvalue weighted by molar-refractivity contribution is -0.143. The molecule has 7 rings (SSSR count). The van der Waals surface area contributed by atoms with Gasteiger partial charge in [0.25, 0.3) is 0 Å². The summed E-state index contributed by atoms with van der Waals surface area (Å²) in [6.45, 7) is 1.23. The van der Waals surface area contributed by atoms with Gasteiger partial charge in [-0.05, 0) is 55.0 Å². The van der Waals surface area contributed by atoms with Crippen molar-refractivity contribution in [2.75, 3.05) is 0 Å². The molecule has 0 aliphatic carbocycles. The number of aliphatic imine (C=N–C) groups is 2. The Morgan fingerprint density at radius 1 is 0.576 bits per heavy atom. The molecule has 3 aromatic carbocycles. The normalized spacial score (nSPS) is 15.5. The molecule has 2 aromatic heterocycles. The number of nitriles is 2. The van der Waals surface area contributed by atoms with Gasteiger partial charge in [-0.25, -0.2) is 38.7 Å². The van der Waals surface area contributed by atoms with Gasteiger partial charge in [0.2, 0.25) is 5.95 Å². The monoisotopic (exact) mass is 828 g/mol. The van der Waals surface area contributed by atoms with Gasteiger partial charge < -0.3 is 0 Å². The second-order valence-corrected chi connectivity index (χ2v) is 12.5. The second kappa shape index (κ2) is 14.0. The van der Waals surface area contributed by atoms with Crippen LogP contribution in [-0.2, 0) is 18.5 Å². The molecular formula is C38H13F13N8. The number of aromatic nitrogens is 4. The molecule has 0 saturated heterocycles. The summed E-state index contributed by atoms with van der Waals surface area (Å²) in [5.41, 5.74) is -17.8. The van der Waals surface area contributed by atoms with Crippen LogP contribution in [0.2, 0.25) is 0 Å². The highest BCUT2D eigenvalue weighted by Crippen LogP contribution is 2.54. The van der Waals surface area contributed by atoms with E-state index in [4.69, 9.17) is 0 Å². The van der Waals surface area contributed by atoms with Crippen molar-refractivity contribution in [2.24, 2.45) is 9.98 Å². The van der Waals surface area contributed by atoms with E-state index in [0.717, 1.165) is 24.4 Å². The molecule has 21 heteroatoms. The first-order chi connectivity index (χ1) is 27.6. The molecule has 0 unspecified atom stereocenters. The number of hydrogen-bond acceptors (Lipinski definition) is 8. The highest BCUT2D eigenvalue weighted by Gasteiger charge is 2.43. The van der Waals surface area contributed by atoms with E-state index in [2.05, 4.69) is 29.9 Å². The number of alkyl halides is 9. The SMILES string of the molecule is Cc1cc(C2=Nc3c(F)c4c(c(F)c3/C2=C(\C#N)c2ccnc(F)n2)N=C(c2cc(C(F)(F)F)cc(C(F)(F)F)c2)/C4=C(/C#N)c2cc(F)ncn2)cc(C(F)(F)F)c1. The van der Waals surface area contributed by atoms with Crippen LogP contribution in [0.4, 0.5) is 68.5 Å². The predicted octanol–water partition coefficient (Wildman–Crippen LogP) is 10.3. The molecule has 0 amide bonds. The molecule has 4 heterocycles. The molecule has 0 atom stereocenters. The Morgan fingerprint density at radius 3 is 1.51 bits per heavy atom. The van der Waals surface area contributed by atoms with Crippen molar-refractivity contribution >= 4 is 45.1 Å². The molecule has 0 spiro atoms. The predicted molar refractivity (Wildman–Crippen MR) is 180 cm³/mol. The number of rotatable bonds is 4. The van der Waals surface area contributed by atoms with Crippen molar-refractivity contribution in [2.45, 2.75) is 25.5 Å². The van der Waals surface area contributed by atoms with Crippen molar-refractivity contribution in [3.8, 4) is 12.1 Å². The Labute approximate surface area is 320 Å². The van der Waals surface area contributed by atoms with Crippen molar-refractivity contribution < 1.29 is 57.1 Å². The standard InChI is InChI=1S/C38H13F13N8/c1-14-4-15(6-17(5-14)36(43,44)45)31-25(20(11-52)22-2-3-54-35(42)57-22)27-29(40)34-28(30(41)33(27)58-31)26(21(12-53)23-10-24(39)56-13-55-23)32(59-34)16-7-18(37(46,47)48)9-19(8-16)38(49,50)51/h2-10,13H,1H3/b25-20-,26-21-. The summed E-state index contributed by atoms with van der Waals surface area (Å²) in [4.78, 5) is 21.6. The number of fused-ring (bicyclic) bond motifs is 2. The molecule has 0 fully saturated rings. The first-order valence-corrected chi connectivity index (χ1v) is 16.1. The average molecular weight is 829 g/mol. The van der Waals surface area contributed by atoms with Crippen LogP contribution >= 0.6 is 0 Å². The highest BCUT2D eigenvalue weighted by atomic mass is 19.4. The van der Waals surface area contributed by atoms with Gasteiger partial charge in [-0.15, -0.1) is 0 Å². The van der Waals surface area contributed by atoms with Gasteiger partial charge in [0.1, 0.15) is 29.8 Å². The van der Waals surface area contributed by atoms with E-state index in [9.17, 15) is 58.8 Å². The number of hydrogen-bond donors (Lipinski definition) is 0. The molecule has 5 aromatic rings. The minimum absolute atomic E-state index is 0.0580. The zero-order valence-electron chi connectivity index (χ0n) is 28.8. The summed E-state index contributed by atoms with van der Waals surface area (Å²) < 4.78 is 189. The number of aryl methyl sites for hydroxylation is 1. The molecule has 59 heavy (non-hydrogen) atoms. The third-order valence-electron chi connectivity index (χ3n) is 8.78. The van der Waals surface area contributed by atoms with E-state index in [1.807, 2.05) is 0 Å². The molecule has 0 radical (unpaired) electrons. The number of benzene rings is 3. The lowest BCUT2D eigenvalue weighted by Gasteiger charge is -2.16. The lowest BCUT2D eigenvalue weighted by atomic mass is 9.87. The van der Waals surface area contributed by atoms with Gasteiger partial charge in [-0.1, -0.05) is 0 Å². The summed E-state index contributed by atoms with van der Waals surface area (Å²) in [6.07, 6.45) is -15.9. The minimum Gasteiger partial charge on any atom is -0.244 e. The molecular weight excluding hydrogens is 815 g/mol. The van der Waals surface area contributed by atoms with Crippen LogP contribution in [0.25, 0.3) is 22.3 Å². The molecule has 0 bridgehead atoms. The number of halogens is 13. The van der Waals surface area contributed by atoms with Gasteiger partial charge in [-0.3, -0.25) is 0 Å². The summed E-state index contributed by atoms with van der Waals surface area (Å²) in [5, 5.41) is 20.7. The van der Waals surface area contributed by atoms with Crippen molar-refractivity contribution in [1.29, 1.82) is 10.5 Å². The smallest absolute Gasteiger partial charge is 0.244 e. The fourth-order valence-corrected chi connectivity index (χ4v) is 6.41. The quantitative estimate of drug-likeness (QED) is 0.0769. The van der Waals surface area contributed by atoms with E-state index in [-0.39, 0.29) is 23.8 Å². The molecule has 2 aliphatic rings. The lowest BCUT2D eigenvalue weighted by Crippen LogP contribution is -2.14. The maximum absolute atomic E-state index is 17.3. The Hall–Kier alpha value is -7.29.